The Kier molecular flexibility index (Phi) is 6.21. The fourth-order valence-electron chi connectivity index (χ4n) is 2.13. The van der Waals surface area contributed by atoms with E-state index in [1.165, 1.54) is 25.3 Å². The molecule has 5 nitrogen and oxygen atoms in total. The van der Waals surface area contributed by atoms with Gasteiger partial charge < -0.3 is 9.47 Å². The van der Waals surface area contributed by atoms with Crippen LogP contribution in [0.3, 0.4) is 0 Å². The maximum atomic E-state index is 13.3. The van der Waals surface area contributed by atoms with Crippen LogP contribution in [0.4, 0.5) is 17.6 Å². The van der Waals surface area contributed by atoms with Crippen LogP contribution < -0.4 is 9.46 Å². The van der Waals surface area contributed by atoms with Gasteiger partial charge in [-0.2, -0.15) is 0 Å². The van der Waals surface area contributed by atoms with Gasteiger partial charge in [-0.25, -0.2) is 17.5 Å². The number of methoxy groups -OCH3 is 1. The van der Waals surface area contributed by atoms with Gasteiger partial charge in [-0.1, -0.05) is 12.1 Å². The predicted molar refractivity (Wildman–Crippen MR) is 84.5 cm³/mol. The molecule has 0 saturated heterocycles. The lowest BCUT2D eigenvalue weighted by molar-refractivity contribution is -0.274. The molecule has 0 aliphatic rings. The Hall–Kier alpha value is -2.17. The minimum atomic E-state index is -4.87. The van der Waals surface area contributed by atoms with Crippen molar-refractivity contribution in [1.29, 1.82) is 0 Å². The highest BCUT2D eigenvalue weighted by Gasteiger charge is 2.31. The number of benzene rings is 2. The molecule has 1 atom stereocenters. The quantitative estimate of drug-likeness (QED) is 0.733. The highest BCUT2D eigenvalue weighted by Crippen LogP contribution is 2.24. The van der Waals surface area contributed by atoms with E-state index in [9.17, 15) is 26.0 Å². The molecule has 0 radical (unpaired) electrons. The second kappa shape index (κ2) is 8.02. The Balaban J connectivity index is 2.08. The number of alkyl halides is 3. The first kappa shape index (κ1) is 20.1. The first-order valence-corrected chi connectivity index (χ1v) is 8.73. The highest BCUT2D eigenvalue weighted by molar-refractivity contribution is 7.89. The van der Waals surface area contributed by atoms with E-state index < -0.39 is 34.1 Å². The number of nitrogens with one attached hydrogen (secondary N) is 1. The topological polar surface area (TPSA) is 64.6 Å². The molecular weight excluding hydrogens is 378 g/mol. The largest absolute Gasteiger partial charge is 0.573 e. The summed E-state index contributed by atoms with van der Waals surface area (Å²) in [5.74, 6) is -1.03. The Labute approximate surface area is 147 Å². The molecule has 2 aromatic carbocycles. The van der Waals surface area contributed by atoms with Crippen LogP contribution in [0.25, 0.3) is 0 Å². The van der Waals surface area contributed by atoms with Gasteiger partial charge in [0.2, 0.25) is 10.0 Å². The monoisotopic (exact) mass is 393 g/mol. The SMILES string of the molecule is COC(CNS(=O)(=O)c1ccc(OC(F)(F)F)cc1)c1cccc(F)c1. The van der Waals surface area contributed by atoms with Gasteiger partial charge in [-0.15, -0.1) is 13.2 Å². The van der Waals surface area contributed by atoms with E-state index >= 15 is 0 Å². The van der Waals surface area contributed by atoms with Gasteiger partial charge in [0.1, 0.15) is 11.6 Å². The molecule has 0 fully saturated rings. The van der Waals surface area contributed by atoms with E-state index in [2.05, 4.69) is 9.46 Å². The second-order valence-electron chi connectivity index (χ2n) is 5.15. The summed E-state index contributed by atoms with van der Waals surface area (Å²) in [7, 11) is -2.66. The maximum absolute atomic E-state index is 13.3. The zero-order chi connectivity index (χ0) is 19.4. The Morgan fingerprint density at radius 3 is 2.31 bits per heavy atom. The minimum absolute atomic E-state index is 0.191. The molecule has 1 N–H and O–H groups in total. The lowest BCUT2D eigenvalue weighted by Gasteiger charge is -2.17. The van der Waals surface area contributed by atoms with Crippen LogP contribution in [0.5, 0.6) is 5.75 Å². The number of rotatable bonds is 7. The van der Waals surface area contributed by atoms with Crippen LogP contribution >= 0.6 is 0 Å². The van der Waals surface area contributed by atoms with Crippen molar-refractivity contribution in [2.75, 3.05) is 13.7 Å². The molecule has 26 heavy (non-hydrogen) atoms. The van der Waals surface area contributed by atoms with Crippen molar-refractivity contribution in [1.82, 2.24) is 4.72 Å². The maximum Gasteiger partial charge on any atom is 0.573 e. The van der Waals surface area contributed by atoms with Gasteiger partial charge in [0.05, 0.1) is 11.0 Å². The standard InChI is InChI=1S/C16H15F4NO4S/c1-24-15(11-3-2-4-12(17)9-11)10-21-26(22,23)14-7-5-13(6-8-14)25-16(18,19)20/h2-9,15,21H,10H2,1H3. The van der Waals surface area contributed by atoms with E-state index in [4.69, 9.17) is 4.74 Å². The molecule has 0 aromatic heterocycles. The summed E-state index contributed by atoms with van der Waals surface area (Å²) in [4.78, 5) is -0.249. The fourth-order valence-corrected chi connectivity index (χ4v) is 3.17. The predicted octanol–water partition coefficient (Wildman–Crippen LogP) is 3.39. The van der Waals surface area contributed by atoms with Crippen LogP contribution in [-0.2, 0) is 14.8 Å². The van der Waals surface area contributed by atoms with E-state index in [0.29, 0.717) is 5.56 Å². The van der Waals surface area contributed by atoms with Crippen LogP contribution in [0.1, 0.15) is 11.7 Å². The van der Waals surface area contributed by atoms with Gasteiger partial charge in [-0.3, -0.25) is 0 Å². The number of hydrogen-bond donors (Lipinski definition) is 1. The van der Waals surface area contributed by atoms with Crippen LogP contribution in [0.2, 0.25) is 0 Å². The Bertz CT molecular complexity index is 838. The third-order valence-electron chi connectivity index (χ3n) is 3.33. The molecule has 0 spiro atoms. The van der Waals surface area contributed by atoms with Crippen molar-refractivity contribution in [3.05, 3.63) is 59.9 Å². The second-order valence-corrected chi connectivity index (χ2v) is 6.92. The van der Waals surface area contributed by atoms with E-state index in [0.717, 1.165) is 24.3 Å². The minimum Gasteiger partial charge on any atom is -0.406 e. The van der Waals surface area contributed by atoms with Gasteiger partial charge in [-0.05, 0) is 42.0 Å². The number of sulfonamides is 1. The van der Waals surface area contributed by atoms with Crippen molar-refractivity contribution in [3.63, 3.8) is 0 Å². The van der Waals surface area contributed by atoms with E-state index in [1.807, 2.05) is 0 Å². The average molecular weight is 393 g/mol. The molecule has 0 saturated carbocycles. The third kappa shape index (κ3) is 5.68. The summed E-state index contributed by atoms with van der Waals surface area (Å²) < 4.78 is 85.2. The van der Waals surface area contributed by atoms with Gasteiger partial charge in [0.15, 0.2) is 0 Å². The summed E-state index contributed by atoms with van der Waals surface area (Å²) in [6.45, 7) is -0.191. The van der Waals surface area contributed by atoms with E-state index in [1.54, 1.807) is 6.07 Å². The zero-order valence-corrected chi connectivity index (χ0v) is 14.3. The molecule has 2 aromatic rings. The van der Waals surface area contributed by atoms with Gasteiger partial charge in [0, 0.05) is 13.7 Å². The molecule has 0 aliphatic carbocycles. The summed E-state index contributed by atoms with van der Waals surface area (Å²) >= 11 is 0. The molecule has 0 heterocycles. The third-order valence-corrected chi connectivity index (χ3v) is 4.77. The summed E-state index contributed by atoms with van der Waals surface area (Å²) in [6.07, 6.45) is -5.61. The number of halogens is 4. The summed E-state index contributed by atoms with van der Waals surface area (Å²) in [6, 6.07) is 9.24. The van der Waals surface area contributed by atoms with Crippen LogP contribution in [0.15, 0.2) is 53.4 Å². The molecule has 0 aliphatic heterocycles. The first-order chi connectivity index (χ1) is 12.1. The lowest BCUT2D eigenvalue weighted by atomic mass is 10.1. The number of hydrogen-bond acceptors (Lipinski definition) is 4. The van der Waals surface area contributed by atoms with Crippen LogP contribution in [-0.4, -0.2) is 28.4 Å². The first-order valence-electron chi connectivity index (χ1n) is 7.24. The Morgan fingerprint density at radius 1 is 1.12 bits per heavy atom. The number of ether oxygens (including phenoxy) is 2. The van der Waals surface area contributed by atoms with Crippen molar-refractivity contribution in [3.8, 4) is 5.75 Å². The molecule has 2 rings (SSSR count). The molecule has 10 heteroatoms. The van der Waals surface area contributed by atoms with Crippen LogP contribution in [0, 0.1) is 5.82 Å². The summed E-state index contributed by atoms with van der Waals surface area (Å²) in [5.41, 5.74) is 0.434. The molecule has 0 bridgehead atoms. The highest BCUT2D eigenvalue weighted by atomic mass is 32.2. The molecule has 1 unspecified atom stereocenters. The molecular formula is C16H15F4NO4S. The lowest BCUT2D eigenvalue weighted by Crippen LogP contribution is -2.29. The van der Waals surface area contributed by atoms with Crippen molar-refractivity contribution in [2.45, 2.75) is 17.4 Å². The zero-order valence-electron chi connectivity index (χ0n) is 13.5. The Morgan fingerprint density at radius 2 is 1.77 bits per heavy atom. The molecule has 142 valence electrons. The van der Waals surface area contributed by atoms with Crippen molar-refractivity contribution >= 4 is 10.0 Å². The average Bonchev–Trinajstić information content (AvgIpc) is 2.54. The smallest absolute Gasteiger partial charge is 0.406 e. The van der Waals surface area contributed by atoms with Gasteiger partial charge >= 0.3 is 6.36 Å². The van der Waals surface area contributed by atoms with Crippen molar-refractivity contribution in [2.24, 2.45) is 0 Å². The normalized spacial score (nSPS) is 13.4. The van der Waals surface area contributed by atoms with Gasteiger partial charge in [0.25, 0.3) is 0 Å². The fraction of sp³-hybridized carbons (Fsp3) is 0.250. The summed E-state index contributed by atoms with van der Waals surface area (Å²) in [5, 5.41) is 0. The molecule has 0 amide bonds. The van der Waals surface area contributed by atoms with Crippen molar-refractivity contribution < 1.29 is 35.5 Å². The van der Waals surface area contributed by atoms with E-state index in [-0.39, 0.29) is 11.4 Å².